The topological polar surface area (TPSA) is 55.8 Å². The maximum Gasteiger partial charge on any atom is 0.242 e. The first-order valence-electron chi connectivity index (χ1n) is 6.46. The van der Waals surface area contributed by atoms with E-state index >= 15 is 0 Å². The van der Waals surface area contributed by atoms with Gasteiger partial charge in [-0.15, -0.1) is 11.3 Å². The molecule has 0 bridgehead atoms. The van der Waals surface area contributed by atoms with Gasteiger partial charge in [0.2, 0.25) is 16.8 Å². The number of likely N-dealkylation sites (N-methyl/N-ethyl adjacent to an activating group) is 1. The third-order valence-electron chi connectivity index (χ3n) is 3.31. The highest BCUT2D eigenvalue weighted by Gasteiger charge is 2.24. The van der Waals surface area contributed by atoms with Gasteiger partial charge in [0.15, 0.2) is 11.5 Å². The van der Waals surface area contributed by atoms with Crippen LogP contribution in [-0.2, 0) is 16.4 Å². The van der Waals surface area contributed by atoms with Gasteiger partial charge in [-0.3, -0.25) is 0 Å². The number of ether oxygens (including phenoxy) is 2. The summed E-state index contributed by atoms with van der Waals surface area (Å²) in [7, 11) is -1.92. The van der Waals surface area contributed by atoms with Crippen molar-refractivity contribution in [1.29, 1.82) is 0 Å². The fourth-order valence-corrected chi connectivity index (χ4v) is 3.95. The van der Waals surface area contributed by atoms with E-state index in [0.717, 1.165) is 0 Å². The molecule has 0 atom stereocenters. The molecule has 0 saturated heterocycles. The van der Waals surface area contributed by atoms with Crippen molar-refractivity contribution in [3.05, 3.63) is 40.6 Å². The number of fused-ring (bicyclic) bond motifs is 1. The lowest BCUT2D eigenvalue weighted by Gasteiger charge is -2.17. The van der Waals surface area contributed by atoms with Crippen molar-refractivity contribution in [3.63, 3.8) is 0 Å². The van der Waals surface area contributed by atoms with E-state index in [1.165, 1.54) is 15.2 Å². The fraction of sp³-hybridized carbons (Fsp3) is 0.286. The summed E-state index contributed by atoms with van der Waals surface area (Å²) in [5, 5.41) is 1.99. The zero-order chi connectivity index (χ0) is 14.9. The van der Waals surface area contributed by atoms with Crippen LogP contribution in [0.4, 0.5) is 0 Å². The van der Waals surface area contributed by atoms with Gasteiger partial charge in [-0.25, -0.2) is 12.7 Å². The van der Waals surface area contributed by atoms with Crippen molar-refractivity contribution >= 4 is 21.4 Å². The summed E-state index contributed by atoms with van der Waals surface area (Å²) >= 11 is 1.63. The summed E-state index contributed by atoms with van der Waals surface area (Å²) in [6.45, 7) is 0.574. The highest BCUT2D eigenvalue weighted by molar-refractivity contribution is 7.89. The zero-order valence-corrected chi connectivity index (χ0v) is 13.1. The van der Waals surface area contributed by atoms with Crippen LogP contribution in [-0.4, -0.2) is 33.1 Å². The van der Waals surface area contributed by atoms with E-state index in [-0.39, 0.29) is 11.7 Å². The van der Waals surface area contributed by atoms with E-state index in [9.17, 15) is 8.42 Å². The van der Waals surface area contributed by atoms with Crippen molar-refractivity contribution in [2.24, 2.45) is 0 Å². The molecule has 0 unspecified atom stereocenters. The molecule has 0 radical (unpaired) electrons. The lowest BCUT2D eigenvalue weighted by Crippen LogP contribution is -2.28. The average Bonchev–Trinajstić information content (AvgIpc) is 3.14. The molecule has 0 fully saturated rings. The number of nitrogens with zero attached hydrogens (tertiary/aromatic N) is 1. The summed E-state index contributed by atoms with van der Waals surface area (Å²) in [5.41, 5.74) is 0. The highest BCUT2D eigenvalue weighted by atomic mass is 32.2. The van der Waals surface area contributed by atoms with Crippen molar-refractivity contribution in [2.45, 2.75) is 11.3 Å². The molecule has 5 nitrogen and oxygen atoms in total. The average molecular weight is 325 g/mol. The molecule has 0 saturated carbocycles. The Kier molecular flexibility index (Phi) is 3.88. The molecule has 3 rings (SSSR count). The lowest BCUT2D eigenvalue weighted by molar-refractivity contribution is 0.174. The Hall–Kier alpha value is -1.57. The standard InChI is InChI=1S/C14H15NO4S2/c1-15(7-6-11-3-2-8-20-11)21(16,17)12-4-5-13-14(9-12)19-10-18-13/h2-5,8-9H,6-7,10H2,1H3. The van der Waals surface area contributed by atoms with Gasteiger partial charge in [0.1, 0.15) is 0 Å². The van der Waals surface area contributed by atoms with E-state index in [0.29, 0.717) is 24.5 Å². The van der Waals surface area contributed by atoms with Crippen LogP contribution in [0.15, 0.2) is 40.6 Å². The first kappa shape index (κ1) is 14.4. The van der Waals surface area contributed by atoms with E-state index in [1.54, 1.807) is 30.5 Å². The van der Waals surface area contributed by atoms with E-state index < -0.39 is 10.0 Å². The maximum atomic E-state index is 12.5. The molecule has 7 heteroatoms. The van der Waals surface area contributed by atoms with Crippen LogP contribution in [0.1, 0.15) is 4.88 Å². The molecule has 1 aliphatic heterocycles. The Morgan fingerprint density at radius 2 is 2.05 bits per heavy atom. The quantitative estimate of drug-likeness (QED) is 0.847. The second kappa shape index (κ2) is 5.67. The smallest absolute Gasteiger partial charge is 0.242 e. The van der Waals surface area contributed by atoms with Gasteiger partial charge in [-0.05, 0) is 30.0 Å². The number of hydrogen-bond acceptors (Lipinski definition) is 5. The molecule has 0 spiro atoms. The first-order valence-corrected chi connectivity index (χ1v) is 8.78. The van der Waals surface area contributed by atoms with Crippen LogP contribution in [0.25, 0.3) is 0 Å². The summed E-state index contributed by atoms with van der Waals surface area (Å²) in [4.78, 5) is 1.39. The normalized spacial score (nSPS) is 13.8. The summed E-state index contributed by atoms with van der Waals surface area (Å²) in [6, 6.07) is 8.66. The lowest BCUT2D eigenvalue weighted by atomic mass is 10.3. The SMILES string of the molecule is CN(CCc1cccs1)S(=O)(=O)c1ccc2c(c1)OCO2. The summed E-state index contributed by atoms with van der Waals surface area (Å²) in [6.07, 6.45) is 0.706. The maximum absolute atomic E-state index is 12.5. The van der Waals surface area contributed by atoms with Crippen LogP contribution in [0, 0.1) is 0 Å². The number of benzene rings is 1. The van der Waals surface area contributed by atoms with Gasteiger partial charge in [0.25, 0.3) is 0 Å². The van der Waals surface area contributed by atoms with Gasteiger partial charge in [-0.2, -0.15) is 0 Å². The second-order valence-corrected chi connectivity index (χ2v) is 7.75. The van der Waals surface area contributed by atoms with E-state index in [2.05, 4.69) is 0 Å². The van der Waals surface area contributed by atoms with Crippen molar-refractivity contribution in [1.82, 2.24) is 4.31 Å². The molecule has 21 heavy (non-hydrogen) atoms. The molecule has 0 amide bonds. The Labute approximate surface area is 127 Å². The summed E-state index contributed by atoms with van der Waals surface area (Å²) in [5.74, 6) is 1.05. The van der Waals surface area contributed by atoms with Crippen molar-refractivity contribution in [2.75, 3.05) is 20.4 Å². The van der Waals surface area contributed by atoms with Gasteiger partial charge < -0.3 is 9.47 Å². The number of sulfonamides is 1. The fourth-order valence-electron chi connectivity index (χ4n) is 2.06. The minimum Gasteiger partial charge on any atom is -0.454 e. The first-order chi connectivity index (χ1) is 10.1. The molecule has 112 valence electrons. The Morgan fingerprint density at radius 1 is 1.24 bits per heavy atom. The minimum atomic E-state index is -3.51. The number of hydrogen-bond donors (Lipinski definition) is 0. The van der Waals surface area contributed by atoms with Gasteiger partial charge in [0.05, 0.1) is 4.90 Å². The van der Waals surface area contributed by atoms with Crippen LogP contribution in [0.2, 0.25) is 0 Å². The van der Waals surface area contributed by atoms with Gasteiger partial charge in [-0.1, -0.05) is 6.07 Å². The third-order valence-corrected chi connectivity index (χ3v) is 6.09. The Bertz CT molecular complexity index is 725. The zero-order valence-electron chi connectivity index (χ0n) is 11.5. The number of rotatable bonds is 5. The molecule has 1 aromatic carbocycles. The molecule has 2 aromatic rings. The predicted octanol–water partition coefficient (Wildman–Crippen LogP) is 2.34. The van der Waals surface area contributed by atoms with Crippen molar-refractivity contribution < 1.29 is 17.9 Å². The minimum absolute atomic E-state index is 0.132. The Balaban J connectivity index is 1.76. The molecular weight excluding hydrogens is 310 g/mol. The highest BCUT2D eigenvalue weighted by Crippen LogP contribution is 2.34. The second-order valence-electron chi connectivity index (χ2n) is 4.67. The van der Waals surface area contributed by atoms with Crippen LogP contribution < -0.4 is 9.47 Å². The largest absolute Gasteiger partial charge is 0.454 e. The van der Waals surface area contributed by atoms with E-state index in [1.807, 2.05) is 17.5 Å². The van der Waals surface area contributed by atoms with Crippen LogP contribution >= 0.6 is 11.3 Å². The molecule has 1 aromatic heterocycles. The third kappa shape index (κ3) is 2.90. The molecular formula is C14H15NO4S2. The van der Waals surface area contributed by atoms with Crippen LogP contribution in [0.3, 0.4) is 0 Å². The molecule has 2 heterocycles. The van der Waals surface area contributed by atoms with Gasteiger partial charge >= 0.3 is 0 Å². The summed E-state index contributed by atoms with van der Waals surface area (Å²) < 4.78 is 36.8. The van der Waals surface area contributed by atoms with E-state index in [4.69, 9.17) is 9.47 Å². The monoisotopic (exact) mass is 325 g/mol. The van der Waals surface area contributed by atoms with Gasteiger partial charge in [0, 0.05) is 24.5 Å². The Morgan fingerprint density at radius 3 is 2.81 bits per heavy atom. The molecule has 0 N–H and O–H groups in total. The molecule has 1 aliphatic rings. The van der Waals surface area contributed by atoms with Crippen LogP contribution in [0.5, 0.6) is 11.5 Å². The predicted molar refractivity (Wildman–Crippen MR) is 80.4 cm³/mol. The molecule has 0 aliphatic carbocycles. The number of thiophene rings is 1. The van der Waals surface area contributed by atoms with Crippen molar-refractivity contribution in [3.8, 4) is 11.5 Å².